The fourth-order valence-corrected chi connectivity index (χ4v) is 1.89. The molecule has 1 aromatic rings. The second-order valence-corrected chi connectivity index (χ2v) is 5.51. The molecule has 1 rings (SSSR count). The molecule has 0 aliphatic rings. The minimum atomic E-state index is -2.36. The maximum atomic E-state index is 11.3. The maximum Gasteiger partial charge on any atom is 0.417 e. The third-order valence-electron chi connectivity index (χ3n) is 2.27. The molecule has 0 unspecified atom stereocenters. The van der Waals surface area contributed by atoms with Crippen LogP contribution in [0.5, 0.6) is 0 Å². The van der Waals surface area contributed by atoms with E-state index < -0.39 is 9.28 Å². The summed E-state index contributed by atoms with van der Waals surface area (Å²) < 4.78 is 0. The molecule has 1 aromatic carbocycles. The molecular weight excluding hydrogens is 246 g/mol. The molecule has 0 saturated carbocycles. The number of hydrogen-bond donors (Lipinski definition) is 3. The normalized spacial score (nSPS) is 11.4. The largest absolute Gasteiger partial charge is 0.417 e. The molecule has 0 aliphatic heterocycles. The first-order valence-electron chi connectivity index (χ1n) is 5.80. The van der Waals surface area contributed by atoms with Gasteiger partial charge in [0.25, 0.3) is 0 Å². The smallest absolute Gasteiger partial charge is 0.406 e. The summed E-state index contributed by atoms with van der Waals surface area (Å²) in [5.41, 5.74) is 1.02. The van der Waals surface area contributed by atoms with Crippen LogP contribution in [-0.4, -0.2) is 30.8 Å². The lowest BCUT2D eigenvalue weighted by atomic mass is 10.1. The molecule has 0 heterocycles. The third kappa shape index (κ3) is 5.26. The van der Waals surface area contributed by atoms with Gasteiger partial charge in [-0.25, -0.2) is 0 Å². The van der Waals surface area contributed by atoms with Crippen molar-refractivity contribution in [3.63, 3.8) is 0 Å². The van der Waals surface area contributed by atoms with Crippen LogP contribution in [0, 0.1) is 0 Å². The van der Waals surface area contributed by atoms with Crippen molar-refractivity contribution in [1.82, 2.24) is 5.32 Å². The molecule has 0 saturated heterocycles. The molecule has 3 N–H and O–H groups in total. The van der Waals surface area contributed by atoms with E-state index >= 15 is 0 Å². The maximum absolute atomic E-state index is 11.3. The van der Waals surface area contributed by atoms with Crippen LogP contribution in [0.25, 0.3) is 0 Å². The molecule has 0 aliphatic carbocycles. The van der Waals surface area contributed by atoms with E-state index in [0.29, 0.717) is 11.6 Å². The van der Waals surface area contributed by atoms with Gasteiger partial charge in [0.1, 0.15) is 0 Å². The minimum Gasteiger partial charge on any atom is -0.406 e. The van der Waals surface area contributed by atoms with Crippen LogP contribution < -0.4 is 10.5 Å². The summed E-state index contributed by atoms with van der Waals surface area (Å²) in [6, 6.07) is 7.20. The summed E-state index contributed by atoms with van der Waals surface area (Å²) in [5, 5.41) is 3.33. The highest BCUT2D eigenvalue weighted by Gasteiger charge is 2.07. The van der Waals surface area contributed by atoms with E-state index in [-0.39, 0.29) is 11.9 Å². The number of benzene rings is 1. The first kappa shape index (κ1) is 14.6. The van der Waals surface area contributed by atoms with E-state index in [1.165, 1.54) is 6.08 Å². The topological polar surface area (TPSA) is 69.6 Å². The van der Waals surface area contributed by atoms with Gasteiger partial charge in [-0.3, -0.25) is 4.79 Å². The molecule has 0 spiro atoms. The summed E-state index contributed by atoms with van der Waals surface area (Å²) in [6.07, 6.45) is 3.95. The van der Waals surface area contributed by atoms with Crippen molar-refractivity contribution in [2.24, 2.45) is 0 Å². The zero-order valence-electron chi connectivity index (χ0n) is 10.6. The number of rotatable bonds is 5. The number of nitrogens with one attached hydrogen (secondary N) is 1. The van der Waals surface area contributed by atoms with E-state index in [1.54, 1.807) is 18.2 Å². The summed E-state index contributed by atoms with van der Waals surface area (Å²) in [6.45, 7) is 3.82. The number of carbonyl (C=O) groups is 1. The van der Waals surface area contributed by atoms with Gasteiger partial charge in [-0.15, -0.1) is 0 Å². The molecule has 0 aromatic heterocycles. The van der Waals surface area contributed by atoms with Gasteiger partial charge in [-0.2, -0.15) is 0 Å². The van der Waals surface area contributed by atoms with Crippen LogP contribution >= 0.6 is 0 Å². The van der Waals surface area contributed by atoms with Gasteiger partial charge < -0.3 is 14.9 Å². The lowest BCUT2D eigenvalue weighted by Crippen LogP contribution is -2.29. The molecule has 0 bridgehead atoms. The van der Waals surface area contributed by atoms with Crippen molar-refractivity contribution in [2.45, 2.75) is 26.3 Å². The van der Waals surface area contributed by atoms with Gasteiger partial charge in [0.2, 0.25) is 5.91 Å². The highest BCUT2D eigenvalue weighted by Crippen LogP contribution is 1.99. The number of carbonyl (C=O) groups excluding carboxylic acids is 1. The Morgan fingerprint density at radius 2 is 1.94 bits per heavy atom. The molecule has 0 atom stereocenters. The van der Waals surface area contributed by atoms with Crippen LogP contribution in [0.1, 0.15) is 19.4 Å². The van der Waals surface area contributed by atoms with Gasteiger partial charge in [0.05, 0.1) is 0 Å². The molecular formula is C13H18NO3Si. The summed E-state index contributed by atoms with van der Waals surface area (Å²) in [5.74, 6) is -0.0992. The van der Waals surface area contributed by atoms with Gasteiger partial charge in [0, 0.05) is 6.04 Å². The zero-order valence-corrected chi connectivity index (χ0v) is 11.6. The quantitative estimate of drug-likeness (QED) is 0.517. The van der Waals surface area contributed by atoms with Crippen molar-refractivity contribution >= 4 is 20.4 Å². The molecule has 18 heavy (non-hydrogen) atoms. The first-order valence-corrected chi connectivity index (χ1v) is 7.19. The van der Waals surface area contributed by atoms with Crippen LogP contribution in [0.3, 0.4) is 0 Å². The Kier molecular flexibility index (Phi) is 5.77. The Balaban J connectivity index is 2.48. The molecule has 4 nitrogen and oxygen atoms in total. The lowest BCUT2D eigenvalue weighted by molar-refractivity contribution is -0.116. The Morgan fingerprint density at radius 1 is 1.33 bits per heavy atom. The Hall–Kier alpha value is -1.43. The van der Waals surface area contributed by atoms with Crippen LogP contribution in [0.15, 0.2) is 36.4 Å². The first-order chi connectivity index (χ1) is 8.49. The SMILES string of the molecule is CC(C)NC(=O)/C=C/Cc1ccc([Si](O)O)cc1. The predicted octanol–water partition coefficient (Wildman–Crippen LogP) is -0.0103. The number of hydrogen-bond acceptors (Lipinski definition) is 3. The lowest BCUT2D eigenvalue weighted by Gasteiger charge is -2.04. The molecule has 1 radical (unpaired) electrons. The van der Waals surface area contributed by atoms with Gasteiger partial charge in [-0.1, -0.05) is 30.3 Å². The van der Waals surface area contributed by atoms with E-state index in [0.717, 1.165) is 5.56 Å². The van der Waals surface area contributed by atoms with Crippen molar-refractivity contribution in [3.05, 3.63) is 42.0 Å². The van der Waals surface area contributed by atoms with Crippen molar-refractivity contribution in [2.75, 3.05) is 0 Å². The van der Waals surface area contributed by atoms with Crippen molar-refractivity contribution in [3.8, 4) is 0 Å². The Bertz CT molecular complexity index is 413. The fraction of sp³-hybridized carbons (Fsp3) is 0.308. The molecule has 0 fully saturated rings. The average molecular weight is 264 g/mol. The van der Waals surface area contributed by atoms with E-state index in [2.05, 4.69) is 5.32 Å². The van der Waals surface area contributed by atoms with Gasteiger partial charge in [-0.05, 0) is 37.1 Å². The number of amides is 1. The zero-order chi connectivity index (χ0) is 13.5. The van der Waals surface area contributed by atoms with E-state index in [4.69, 9.17) is 9.59 Å². The molecule has 5 heteroatoms. The summed E-state index contributed by atoms with van der Waals surface area (Å²) in [4.78, 5) is 29.4. The molecule has 1 amide bonds. The third-order valence-corrected chi connectivity index (χ3v) is 3.12. The molecule has 97 valence electrons. The number of allylic oxidation sites excluding steroid dienone is 1. The standard InChI is InChI=1S/C13H18NO3Si/c1-10(2)14-13(15)5-3-4-11-6-8-12(9-7-11)18(16)17/h3,5-10,16-17H,4H2,1-2H3,(H,14,15)/b5-3+. The van der Waals surface area contributed by atoms with Crippen molar-refractivity contribution in [1.29, 1.82) is 0 Å². The van der Waals surface area contributed by atoms with Crippen LogP contribution in [0.4, 0.5) is 0 Å². The van der Waals surface area contributed by atoms with E-state index in [1.807, 2.05) is 26.0 Å². The minimum absolute atomic E-state index is 0.0992. The Labute approximate surface area is 109 Å². The average Bonchev–Trinajstić information content (AvgIpc) is 2.28. The highest BCUT2D eigenvalue weighted by atomic mass is 28.3. The Morgan fingerprint density at radius 3 is 2.44 bits per heavy atom. The summed E-state index contributed by atoms with van der Waals surface area (Å²) >= 11 is 0. The monoisotopic (exact) mass is 264 g/mol. The highest BCUT2D eigenvalue weighted by molar-refractivity contribution is 6.58. The van der Waals surface area contributed by atoms with Crippen LogP contribution in [0.2, 0.25) is 0 Å². The summed E-state index contributed by atoms with van der Waals surface area (Å²) in [7, 11) is -2.36. The van der Waals surface area contributed by atoms with Crippen LogP contribution in [-0.2, 0) is 11.2 Å². The second-order valence-electron chi connectivity index (χ2n) is 4.29. The van der Waals surface area contributed by atoms with E-state index in [9.17, 15) is 4.79 Å². The van der Waals surface area contributed by atoms with Crippen molar-refractivity contribution < 1.29 is 14.4 Å². The predicted molar refractivity (Wildman–Crippen MR) is 72.4 cm³/mol. The second kappa shape index (κ2) is 7.10. The fourth-order valence-electron chi connectivity index (χ4n) is 1.42. The van der Waals surface area contributed by atoms with Gasteiger partial charge in [0.15, 0.2) is 0 Å². The van der Waals surface area contributed by atoms with Gasteiger partial charge >= 0.3 is 9.28 Å².